The summed E-state index contributed by atoms with van der Waals surface area (Å²) in [6.45, 7) is 0. The quantitative estimate of drug-likeness (QED) is 0.771. The van der Waals surface area contributed by atoms with Gasteiger partial charge in [-0.25, -0.2) is 4.79 Å². The minimum absolute atomic E-state index is 0.0954. The van der Waals surface area contributed by atoms with Crippen LogP contribution < -0.4 is 10.6 Å². The van der Waals surface area contributed by atoms with Crippen LogP contribution >= 0.6 is 27.5 Å². The zero-order valence-corrected chi connectivity index (χ0v) is 12.9. The minimum atomic E-state index is -0.797. The number of benzene rings is 1. The van der Waals surface area contributed by atoms with Crippen LogP contribution in [0.3, 0.4) is 0 Å². The van der Waals surface area contributed by atoms with Crippen LogP contribution in [0.5, 0.6) is 0 Å². The van der Waals surface area contributed by atoms with Crippen molar-refractivity contribution in [1.29, 1.82) is 0 Å². The van der Waals surface area contributed by atoms with E-state index in [1.165, 1.54) is 0 Å². The second-order valence-corrected chi connectivity index (χ2v) is 6.03. The SMILES string of the molecule is O=C(Nc1ccc(Br)c(Cl)c1)N[C@H]1CC[C@@H](C(=O)O)C1. The van der Waals surface area contributed by atoms with E-state index in [0.29, 0.717) is 30.0 Å². The van der Waals surface area contributed by atoms with E-state index in [9.17, 15) is 9.59 Å². The molecule has 0 aliphatic heterocycles. The highest BCUT2D eigenvalue weighted by Gasteiger charge is 2.30. The number of hydrogen-bond donors (Lipinski definition) is 3. The van der Waals surface area contributed by atoms with Crippen LogP contribution in [0.25, 0.3) is 0 Å². The number of urea groups is 1. The van der Waals surface area contributed by atoms with Crippen LogP contribution in [0.15, 0.2) is 22.7 Å². The predicted molar refractivity (Wildman–Crippen MR) is 80.1 cm³/mol. The lowest BCUT2D eigenvalue weighted by molar-refractivity contribution is -0.141. The first-order chi connectivity index (χ1) is 9.45. The van der Waals surface area contributed by atoms with E-state index in [4.69, 9.17) is 16.7 Å². The molecule has 1 aromatic rings. The van der Waals surface area contributed by atoms with Crippen LogP contribution in [-0.2, 0) is 4.79 Å². The summed E-state index contributed by atoms with van der Waals surface area (Å²) in [6.07, 6.45) is 1.76. The third-order valence-corrected chi connectivity index (χ3v) is 4.53. The van der Waals surface area contributed by atoms with Gasteiger partial charge < -0.3 is 15.7 Å². The Morgan fingerprint density at radius 2 is 2.10 bits per heavy atom. The topological polar surface area (TPSA) is 78.4 Å². The molecule has 108 valence electrons. The average Bonchev–Trinajstić information content (AvgIpc) is 2.82. The van der Waals surface area contributed by atoms with Gasteiger partial charge in [-0.1, -0.05) is 11.6 Å². The largest absolute Gasteiger partial charge is 0.481 e. The van der Waals surface area contributed by atoms with Crippen molar-refractivity contribution < 1.29 is 14.7 Å². The molecule has 0 aromatic heterocycles. The molecule has 0 radical (unpaired) electrons. The Labute approximate surface area is 129 Å². The van der Waals surface area contributed by atoms with Crippen molar-refractivity contribution in [3.8, 4) is 0 Å². The molecule has 20 heavy (non-hydrogen) atoms. The molecule has 0 saturated heterocycles. The highest BCUT2D eigenvalue weighted by Crippen LogP contribution is 2.27. The number of carboxylic acids is 1. The number of halogens is 2. The molecule has 5 nitrogen and oxygen atoms in total. The van der Waals surface area contributed by atoms with E-state index in [-0.39, 0.29) is 18.0 Å². The van der Waals surface area contributed by atoms with Crippen molar-refractivity contribution in [2.75, 3.05) is 5.32 Å². The Morgan fingerprint density at radius 1 is 1.35 bits per heavy atom. The van der Waals surface area contributed by atoms with Crippen molar-refractivity contribution in [1.82, 2.24) is 5.32 Å². The molecule has 0 unspecified atom stereocenters. The summed E-state index contributed by atoms with van der Waals surface area (Å²) in [4.78, 5) is 22.7. The first-order valence-corrected chi connectivity index (χ1v) is 7.38. The van der Waals surface area contributed by atoms with Crippen molar-refractivity contribution in [3.05, 3.63) is 27.7 Å². The number of anilines is 1. The van der Waals surface area contributed by atoms with E-state index in [0.717, 1.165) is 4.47 Å². The van der Waals surface area contributed by atoms with Crippen LogP contribution in [0.2, 0.25) is 5.02 Å². The van der Waals surface area contributed by atoms with Gasteiger partial charge in [-0.15, -0.1) is 0 Å². The summed E-state index contributed by atoms with van der Waals surface area (Å²) < 4.78 is 0.755. The Kier molecular flexibility index (Phi) is 4.88. The van der Waals surface area contributed by atoms with E-state index < -0.39 is 5.97 Å². The standard InChI is InChI=1S/C13H14BrClN2O3/c14-10-4-3-9(6-11(10)15)17-13(20)16-8-2-1-7(5-8)12(18)19/h3-4,6-8H,1-2,5H2,(H,18,19)(H2,16,17,20)/t7-,8+/m1/s1. The molecular formula is C13H14BrClN2O3. The first-order valence-electron chi connectivity index (χ1n) is 6.21. The van der Waals surface area contributed by atoms with Crippen LogP contribution in [0.4, 0.5) is 10.5 Å². The Balaban J connectivity index is 1.87. The first kappa shape index (κ1) is 15.1. The molecule has 3 N–H and O–H groups in total. The number of rotatable bonds is 3. The molecule has 7 heteroatoms. The molecule has 1 aliphatic carbocycles. The van der Waals surface area contributed by atoms with E-state index in [2.05, 4.69) is 26.6 Å². The summed E-state index contributed by atoms with van der Waals surface area (Å²) in [6, 6.07) is 4.67. The second-order valence-electron chi connectivity index (χ2n) is 4.77. The van der Waals surface area contributed by atoms with E-state index in [1.807, 2.05) is 0 Å². The average molecular weight is 362 g/mol. The van der Waals surface area contributed by atoms with Crippen molar-refractivity contribution >= 4 is 45.2 Å². The minimum Gasteiger partial charge on any atom is -0.481 e. The highest BCUT2D eigenvalue weighted by atomic mass is 79.9. The fourth-order valence-corrected chi connectivity index (χ4v) is 2.69. The number of hydrogen-bond acceptors (Lipinski definition) is 2. The molecule has 0 bridgehead atoms. The lowest BCUT2D eigenvalue weighted by Crippen LogP contribution is -2.36. The number of nitrogens with one attached hydrogen (secondary N) is 2. The normalized spacial score (nSPS) is 21.5. The fraction of sp³-hybridized carbons (Fsp3) is 0.385. The van der Waals surface area contributed by atoms with Crippen molar-refractivity contribution in [2.24, 2.45) is 5.92 Å². The molecule has 1 saturated carbocycles. The fourth-order valence-electron chi connectivity index (χ4n) is 2.26. The summed E-state index contributed by atoms with van der Waals surface area (Å²) in [5.74, 6) is -1.16. The van der Waals surface area contributed by atoms with Crippen LogP contribution in [-0.4, -0.2) is 23.1 Å². The Hall–Kier alpha value is -1.27. The Morgan fingerprint density at radius 3 is 2.70 bits per heavy atom. The van der Waals surface area contributed by atoms with Gasteiger partial charge in [0.1, 0.15) is 0 Å². The van der Waals surface area contributed by atoms with Crippen molar-refractivity contribution in [2.45, 2.75) is 25.3 Å². The lowest BCUT2D eigenvalue weighted by atomic mass is 10.1. The maximum atomic E-state index is 11.8. The third kappa shape index (κ3) is 3.86. The number of carbonyl (C=O) groups is 2. The van der Waals surface area contributed by atoms with Gasteiger partial charge in [-0.2, -0.15) is 0 Å². The molecule has 1 aromatic carbocycles. The zero-order chi connectivity index (χ0) is 14.7. The van der Waals surface area contributed by atoms with Gasteiger partial charge in [0, 0.05) is 16.2 Å². The monoisotopic (exact) mass is 360 g/mol. The maximum absolute atomic E-state index is 11.8. The van der Waals surface area contributed by atoms with Gasteiger partial charge in [-0.3, -0.25) is 4.79 Å². The van der Waals surface area contributed by atoms with Crippen molar-refractivity contribution in [3.63, 3.8) is 0 Å². The van der Waals surface area contributed by atoms with Gasteiger partial charge in [0.05, 0.1) is 10.9 Å². The molecule has 2 atom stereocenters. The molecule has 1 aliphatic rings. The van der Waals surface area contributed by atoms with Crippen LogP contribution in [0, 0.1) is 5.92 Å². The number of carboxylic acid groups (broad SMARTS) is 1. The molecule has 1 fully saturated rings. The van der Waals surface area contributed by atoms with E-state index in [1.54, 1.807) is 18.2 Å². The number of aliphatic carboxylic acids is 1. The second kappa shape index (κ2) is 6.45. The molecule has 2 rings (SSSR count). The third-order valence-electron chi connectivity index (χ3n) is 3.29. The molecule has 0 spiro atoms. The van der Waals surface area contributed by atoms with Gasteiger partial charge in [0.25, 0.3) is 0 Å². The van der Waals surface area contributed by atoms with Gasteiger partial charge in [0.2, 0.25) is 0 Å². The molecule has 2 amide bonds. The number of amides is 2. The van der Waals surface area contributed by atoms with Gasteiger partial charge in [0.15, 0.2) is 0 Å². The van der Waals surface area contributed by atoms with Gasteiger partial charge >= 0.3 is 12.0 Å². The van der Waals surface area contributed by atoms with E-state index >= 15 is 0 Å². The summed E-state index contributed by atoms with van der Waals surface area (Å²) in [5, 5.41) is 14.9. The summed E-state index contributed by atoms with van der Waals surface area (Å²) in [5.41, 5.74) is 0.587. The smallest absolute Gasteiger partial charge is 0.319 e. The lowest BCUT2D eigenvalue weighted by Gasteiger charge is -2.13. The summed E-state index contributed by atoms with van der Waals surface area (Å²) >= 11 is 9.21. The maximum Gasteiger partial charge on any atom is 0.319 e. The Bertz CT molecular complexity index is 538. The molecular weight excluding hydrogens is 348 g/mol. The highest BCUT2D eigenvalue weighted by molar-refractivity contribution is 9.10. The predicted octanol–water partition coefficient (Wildman–Crippen LogP) is 3.48. The number of carbonyl (C=O) groups excluding carboxylic acids is 1. The molecule has 0 heterocycles. The van der Waals surface area contributed by atoms with Gasteiger partial charge in [-0.05, 0) is 53.4 Å². The summed E-state index contributed by atoms with van der Waals surface area (Å²) in [7, 11) is 0. The van der Waals surface area contributed by atoms with Crippen LogP contribution in [0.1, 0.15) is 19.3 Å². The zero-order valence-electron chi connectivity index (χ0n) is 10.5.